The second-order valence-corrected chi connectivity index (χ2v) is 5.08. The van der Waals surface area contributed by atoms with Crippen LogP contribution in [0, 0.1) is 0 Å². The fourth-order valence-electron chi connectivity index (χ4n) is 1.48. The van der Waals surface area contributed by atoms with E-state index < -0.39 is 0 Å². The average Bonchev–Trinajstić information content (AvgIpc) is 2.24. The molecule has 1 unspecified atom stereocenters. The molecule has 0 bridgehead atoms. The molecule has 1 rings (SSSR count). The van der Waals surface area contributed by atoms with Crippen molar-refractivity contribution in [3.63, 3.8) is 0 Å². The predicted octanol–water partition coefficient (Wildman–Crippen LogP) is 3.96. The highest BCUT2D eigenvalue weighted by atomic mass is 79.9. The third-order valence-electron chi connectivity index (χ3n) is 2.48. The van der Waals surface area contributed by atoms with Gasteiger partial charge in [-0.2, -0.15) is 0 Å². The Labute approximate surface area is 110 Å². The van der Waals surface area contributed by atoms with E-state index in [1.807, 2.05) is 18.2 Å². The lowest BCUT2D eigenvalue weighted by atomic mass is 9.99. The highest BCUT2D eigenvalue weighted by molar-refractivity contribution is 9.10. The Morgan fingerprint density at radius 3 is 2.75 bits per heavy atom. The zero-order valence-electron chi connectivity index (χ0n) is 9.26. The summed E-state index contributed by atoms with van der Waals surface area (Å²) < 4.78 is 0.956. The summed E-state index contributed by atoms with van der Waals surface area (Å²) >= 11 is 9.42. The molecule has 2 nitrogen and oxygen atoms in total. The Hall–Kier alpha value is -0.350. The summed E-state index contributed by atoms with van der Waals surface area (Å²) in [4.78, 5) is 0. The molecule has 0 radical (unpaired) electrons. The molecular formula is C12H16BrClN2. The maximum absolute atomic E-state index is 6.00. The molecule has 0 aliphatic heterocycles. The average molecular weight is 304 g/mol. The van der Waals surface area contributed by atoms with Gasteiger partial charge in [0.15, 0.2) is 0 Å². The van der Waals surface area contributed by atoms with Crippen molar-refractivity contribution in [2.24, 2.45) is 5.84 Å². The molecule has 0 aliphatic carbocycles. The van der Waals surface area contributed by atoms with Crippen molar-refractivity contribution in [2.75, 3.05) is 0 Å². The molecule has 4 heteroatoms. The minimum atomic E-state index is 0.0578. The molecule has 1 aromatic rings. The van der Waals surface area contributed by atoms with Gasteiger partial charge < -0.3 is 0 Å². The Morgan fingerprint density at radius 2 is 2.25 bits per heavy atom. The first-order valence-corrected chi connectivity index (χ1v) is 6.32. The molecular weight excluding hydrogens is 288 g/mol. The number of hydrogen-bond acceptors (Lipinski definition) is 2. The molecule has 1 atom stereocenters. The Balaban J connectivity index is 2.90. The molecule has 3 N–H and O–H groups in total. The first-order valence-electron chi connectivity index (χ1n) is 5.15. The van der Waals surface area contributed by atoms with Crippen molar-refractivity contribution in [1.82, 2.24) is 5.43 Å². The number of hydrazine groups is 1. The molecule has 0 amide bonds. The molecule has 0 fully saturated rings. The summed E-state index contributed by atoms with van der Waals surface area (Å²) in [6.07, 6.45) is 1.78. The topological polar surface area (TPSA) is 38.0 Å². The summed E-state index contributed by atoms with van der Waals surface area (Å²) in [7, 11) is 0. The summed E-state index contributed by atoms with van der Waals surface area (Å²) in [5.41, 5.74) is 5.03. The van der Waals surface area contributed by atoms with Crippen molar-refractivity contribution in [2.45, 2.75) is 25.8 Å². The van der Waals surface area contributed by atoms with Gasteiger partial charge in [0.25, 0.3) is 0 Å². The molecule has 16 heavy (non-hydrogen) atoms. The molecule has 0 saturated heterocycles. The van der Waals surface area contributed by atoms with E-state index in [9.17, 15) is 0 Å². The van der Waals surface area contributed by atoms with E-state index in [1.54, 1.807) is 0 Å². The number of rotatable bonds is 5. The second kappa shape index (κ2) is 6.40. The van der Waals surface area contributed by atoms with Gasteiger partial charge in [-0.25, -0.2) is 0 Å². The lowest BCUT2D eigenvalue weighted by molar-refractivity contribution is 0.544. The minimum Gasteiger partial charge on any atom is -0.271 e. The van der Waals surface area contributed by atoms with Crippen molar-refractivity contribution >= 4 is 27.5 Å². The summed E-state index contributed by atoms with van der Waals surface area (Å²) in [5.74, 6) is 5.56. The van der Waals surface area contributed by atoms with Crippen LogP contribution in [0.5, 0.6) is 0 Å². The zero-order chi connectivity index (χ0) is 12.1. The predicted molar refractivity (Wildman–Crippen MR) is 73.3 cm³/mol. The van der Waals surface area contributed by atoms with E-state index >= 15 is 0 Å². The van der Waals surface area contributed by atoms with Gasteiger partial charge in [-0.3, -0.25) is 11.3 Å². The van der Waals surface area contributed by atoms with Crippen molar-refractivity contribution in [3.8, 4) is 0 Å². The Bertz CT molecular complexity index is 359. The summed E-state index contributed by atoms with van der Waals surface area (Å²) in [6.45, 7) is 6.08. The van der Waals surface area contributed by atoms with Crippen molar-refractivity contribution < 1.29 is 0 Å². The third-order valence-corrected chi connectivity index (χ3v) is 3.16. The third kappa shape index (κ3) is 3.91. The smallest absolute Gasteiger partial charge is 0.0497 e. The SMILES string of the molecule is C=C(CC)CC(NN)c1cc(Cl)cc(Br)c1. The van der Waals surface area contributed by atoms with Crippen LogP contribution in [0.15, 0.2) is 34.8 Å². The maximum Gasteiger partial charge on any atom is 0.0497 e. The standard InChI is InChI=1S/C12H16BrClN2/c1-3-8(2)4-12(16-15)9-5-10(13)7-11(14)6-9/h5-7,12,16H,2-4,15H2,1H3. The monoisotopic (exact) mass is 302 g/mol. The van der Waals surface area contributed by atoms with Crippen LogP contribution in [0.2, 0.25) is 5.02 Å². The molecule has 0 saturated carbocycles. The van der Waals surface area contributed by atoms with Crippen LogP contribution in [0.1, 0.15) is 31.4 Å². The highest BCUT2D eigenvalue weighted by Gasteiger charge is 2.11. The molecule has 0 aromatic heterocycles. The molecule has 0 heterocycles. The number of nitrogens with one attached hydrogen (secondary N) is 1. The van der Waals surface area contributed by atoms with Crippen LogP contribution in [0.25, 0.3) is 0 Å². The fourth-order valence-corrected chi connectivity index (χ4v) is 2.37. The van der Waals surface area contributed by atoms with Gasteiger partial charge in [0.05, 0.1) is 0 Å². The summed E-state index contributed by atoms with van der Waals surface area (Å²) in [5, 5.41) is 0.701. The first-order chi connectivity index (χ1) is 7.56. The van der Waals surface area contributed by atoms with Crippen LogP contribution in [0.3, 0.4) is 0 Å². The number of halogens is 2. The van der Waals surface area contributed by atoms with E-state index in [-0.39, 0.29) is 6.04 Å². The number of benzene rings is 1. The van der Waals surface area contributed by atoms with Crippen LogP contribution in [-0.4, -0.2) is 0 Å². The van der Waals surface area contributed by atoms with E-state index in [4.69, 9.17) is 17.4 Å². The van der Waals surface area contributed by atoms with Gasteiger partial charge in [0, 0.05) is 15.5 Å². The van der Waals surface area contributed by atoms with Gasteiger partial charge in [0.2, 0.25) is 0 Å². The van der Waals surface area contributed by atoms with Crippen molar-refractivity contribution in [3.05, 3.63) is 45.4 Å². The normalized spacial score (nSPS) is 12.5. The van der Waals surface area contributed by atoms with Gasteiger partial charge in [0.1, 0.15) is 0 Å². The fraction of sp³-hybridized carbons (Fsp3) is 0.333. The second-order valence-electron chi connectivity index (χ2n) is 3.73. The molecule has 1 aromatic carbocycles. The number of nitrogens with two attached hydrogens (primary N) is 1. The largest absolute Gasteiger partial charge is 0.271 e. The quantitative estimate of drug-likeness (QED) is 0.491. The van der Waals surface area contributed by atoms with E-state index in [1.165, 1.54) is 5.57 Å². The van der Waals surface area contributed by atoms with Gasteiger partial charge in [-0.1, -0.05) is 46.6 Å². The van der Waals surface area contributed by atoms with Gasteiger partial charge in [-0.15, -0.1) is 0 Å². The lowest BCUT2D eigenvalue weighted by Crippen LogP contribution is -2.28. The van der Waals surface area contributed by atoms with Crippen molar-refractivity contribution in [1.29, 1.82) is 0 Å². The first kappa shape index (κ1) is 13.7. The maximum atomic E-state index is 6.00. The zero-order valence-corrected chi connectivity index (χ0v) is 11.6. The molecule has 0 spiro atoms. The van der Waals surface area contributed by atoms with Gasteiger partial charge in [-0.05, 0) is 36.6 Å². The molecule has 0 aliphatic rings. The van der Waals surface area contributed by atoms with Crippen LogP contribution < -0.4 is 11.3 Å². The van der Waals surface area contributed by atoms with Crippen LogP contribution in [-0.2, 0) is 0 Å². The van der Waals surface area contributed by atoms with E-state index in [2.05, 4.69) is 34.9 Å². The van der Waals surface area contributed by atoms with Crippen LogP contribution in [0.4, 0.5) is 0 Å². The Morgan fingerprint density at radius 1 is 1.56 bits per heavy atom. The lowest BCUT2D eigenvalue weighted by Gasteiger charge is -2.17. The number of hydrogen-bond donors (Lipinski definition) is 2. The summed E-state index contributed by atoms with van der Waals surface area (Å²) in [6, 6.07) is 5.84. The molecule has 88 valence electrons. The van der Waals surface area contributed by atoms with E-state index in [0.717, 1.165) is 22.9 Å². The van der Waals surface area contributed by atoms with Gasteiger partial charge >= 0.3 is 0 Å². The highest BCUT2D eigenvalue weighted by Crippen LogP contribution is 2.27. The van der Waals surface area contributed by atoms with Crippen LogP contribution >= 0.6 is 27.5 Å². The minimum absolute atomic E-state index is 0.0578. The van der Waals surface area contributed by atoms with E-state index in [0.29, 0.717) is 5.02 Å². The Kier molecular flexibility index (Phi) is 5.49.